The Labute approximate surface area is 197 Å². The maximum Gasteiger partial charge on any atom is 0.333 e. The van der Waals surface area contributed by atoms with Crippen LogP contribution in [0.25, 0.3) is 22.3 Å². The lowest BCUT2D eigenvalue weighted by atomic mass is 9.98. The highest BCUT2D eigenvalue weighted by Gasteiger charge is 2.21. The van der Waals surface area contributed by atoms with Gasteiger partial charge in [0.1, 0.15) is 17.2 Å². The maximum atomic E-state index is 14.5. The van der Waals surface area contributed by atoms with E-state index in [-0.39, 0.29) is 22.3 Å². The van der Waals surface area contributed by atoms with Crippen LogP contribution in [0.3, 0.4) is 0 Å². The van der Waals surface area contributed by atoms with Crippen LogP contribution in [0.2, 0.25) is 0 Å². The van der Waals surface area contributed by atoms with E-state index in [2.05, 4.69) is 11.9 Å². The number of carboxylic acids is 1. The van der Waals surface area contributed by atoms with Crippen LogP contribution in [0.4, 0.5) is 4.39 Å². The predicted octanol–water partition coefficient (Wildman–Crippen LogP) is 6.36. The van der Waals surface area contributed by atoms with Crippen molar-refractivity contribution in [2.75, 3.05) is 0 Å². The lowest BCUT2D eigenvalue weighted by molar-refractivity contribution is -0.132. The van der Waals surface area contributed by atoms with Gasteiger partial charge in [-0.3, -0.25) is 4.79 Å². The van der Waals surface area contributed by atoms with E-state index >= 15 is 0 Å². The van der Waals surface area contributed by atoms with Crippen molar-refractivity contribution >= 4 is 16.9 Å². The van der Waals surface area contributed by atoms with Crippen LogP contribution in [-0.2, 0) is 4.79 Å². The maximum absolute atomic E-state index is 14.5. The molecule has 176 valence electrons. The van der Waals surface area contributed by atoms with E-state index in [0.717, 1.165) is 11.1 Å². The van der Waals surface area contributed by atoms with E-state index in [0.29, 0.717) is 27.8 Å². The second-order valence-electron chi connectivity index (χ2n) is 8.49. The van der Waals surface area contributed by atoms with Gasteiger partial charge in [0, 0.05) is 16.8 Å². The third-order valence-corrected chi connectivity index (χ3v) is 5.61. The summed E-state index contributed by atoms with van der Waals surface area (Å²) in [7, 11) is 0. The third kappa shape index (κ3) is 5.01. The highest BCUT2D eigenvalue weighted by molar-refractivity contribution is 5.87. The number of benzene rings is 2. The molecule has 1 heterocycles. The molecule has 0 aliphatic heterocycles. The summed E-state index contributed by atoms with van der Waals surface area (Å²) in [6, 6.07) is 9.34. The Morgan fingerprint density at radius 2 is 1.85 bits per heavy atom. The van der Waals surface area contributed by atoms with Gasteiger partial charge in [-0.2, -0.15) is 0 Å². The molecule has 0 saturated heterocycles. The van der Waals surface area contributed by atoms with Crippen molar-refractivity contribution < 1.29 is 18.7 Å². The Bertz CT molecular complexity index is 1410. The molecule has 1 unspecified atom stereocenters. The molecule has 3 rings (SSSR count). The van der Waals surface area contributed by atoms with E-state index < -0.39 is 17.8 Å². The standard InChI is InChI=1S/C28H28FNO4/c1-15(2)11-12-24(17(4)28(32)33)30-19(6)21-13-16(3)14-22-25(31)18(5)26(34-27(21)22)20-9-7-8-10-23(20)29/h7-14,19,30H,1H2,2-6H3,(H,32,33)/b12-11-,24-17-. The van der Waals surface area contributed by atoms with Gasteiger partial charge in [-0.25, -0.2) is 9.18 Å². The summed E-state index contributed by atoms with van der Waals surface area (Å²) in [6.07, 6.45) is 3.38. The molecule has 5 nitrogen and oxygen atoms in total. The molecular weight excluding hydrogens is 433 g/mol. The molecule has 0 bridgehead atoms. The monoisotopic (exact) mass is 461 g/mol. The van der Waals surface area contributed by atoms with Crippen molar-refractivity contribution in [3.63, 3.8) is 0 Å². The molecule has 0 amide bonds. The summed E-state index contributed by atoms with van der Waals surface area (Å²) < 4.78 is 20.7. The van der Waals surface area contributed by atoms with Crippen molar-refractivity contribution in [2.45, 2.75) is 40.7 Å². The smallest absolute Gasteiger partial charge is 0.333 e. The number of allylic oxidation sites excluding steroid dienone is 3. The zero-order valence-corrected chi connectivity index (χ0v) is 20.0. The molecule has 1 aromatic heterocycles. The number of hydrogen-bond acceptors (Lipinski definition) is 4. The summed E-state index contributed by atoms with van der Waals surface area (Å²) in [4.78, 5) is 24.9. The van der Waals surface area contributed by atoms with Crippen LogP contribution < -0.4 is 10.7 Å². The average Bonchev–Trinajstić information content (AvgIpc) is 2.78. The summed E-state index contributed by atoms with van der Waals surface area (Å²) in [6.45, 7) is 12.5. The number of nitrogens with one attached hydrogen (secondary N) is 1. The van der Waals surface area contributed by atoms with Crippen molar-refractivity contribution in [1.82, 2.24) is 5.32 Å². The summed E-state index contributed by atoms with van der Waals surface area (Å²) in [5.41, 5.74) is 3.42. The fraction of sp³-hybridized carbons (Fsp3) is 0.214. The number of hydrogen-bond donors (Lipinski definition) is 2. The number of carbonyl (C=O) groups is 1. The molecule has 1 atom stereocenters. The van der Waals surface area contributed by atoms with Gasteiger partial charge in [-0.15, -0.1) is 0 Å². The summed E-state index contributed by atoms with van der Waals surface area (Å²) in [5.74, 6) is -1.37. The van der Waals surface area contributed by atoms with Crippen molar-refractivity contribution in [2.24, 2.45) is 0 Å². The Balaban J connectivity index is 2.23. The molecule has 6 heteroatoms. The molecule has 0 radical (unpaired) electrons. The number of halogens is 1. The minimum atomic E-state index is -1.06. The Morgan fingerprint density at radius 3 is 2.47 bits per heavy atom. The Kier molecular flexibility index (Phi) is 7.20. The second kappa shape index (κ2) is 9.91. The molecule has 0 aliphatic carbocycles. The van der Waals surface area contributed by atoms with Crippen LogP contribution in [0, 0.1) is 19.7 Å². The molecule has 0 fully saturated rings. The molecule has 0 saturated carbocycles. The van der Waals surface area contributed by atoms with Gasteiger partial charge in [0.05, 0.1) is 22.6 Å². The largest absolute Gasteiger partial charge is 0.478 e. The topological polar surface area (TPSA) is 79.5 Å². The molecule has 3 aromatic rings. The van der Waals surface area contributed by atoms with Crippen LogP contribution >= 0.6 is 0 Å². The molecule has 34 heavy (non-hydrogen) atoms. The Morgan fingerprint density at radius 1 is 1.18 bits per heavy atom. The number of aryl methyl sites for hydroxylation is 1. The molecule has 2 N–H and O–H groups in total. The van der Waals surface area contributed by atoms with E-state index in [1.54, 1.807) is 43.3 Å². The van der Waals surface area contributed by atoms with Crippen LogP contribution in [0.5, 0.6) is 0 Å². The first kappa shape index (κ1) is 24.7. The van der Waals surface area contributed by atoms with Gasteiger partial charge in [-0.05, 0) is 64.5 Å². The quantitative estimate of drug-likeness (QED) is 0.316. The molecule has 0 spiro atoms. The average molecular weight is 462 g/mol. The lowest BCUT2D eigenvalue weighted by Gasteiger charge is -2.20. The Hall–Kier alpha value is -3.93. The fourth-order valence-corrected chi connectivity index (χ4v) is 3.72. The van der Waals surface area contributed by atoms with Gasteiger partial charge < -0.3 is 14.8 Å². The van der Waals surface area contributed by atoms with E-state index in [4.69, 9.17) is 4.42 Å². The number of aliphatic carboxylic acids is 1. The molecule has 0 aliphatic rings. The van der Waals surface area contributed by atoms with Gasteiger partial charge >= 0.3 is 5.97 Å². The SMILES string of the molecule is C=C(C)/C=C\C(NC(C)c1cc(C)cc2c(=O)c(C)c(-c3ccccc3F)oc12)=C(/C)C(=O)O. The lowest BCUT2D eigenvalue weighted by Crippen LogP contribution is -2.21. The number of fused-ring (bicyclic) bond motifs is 1. The molecule has 2 aromatic carbocycles. The molecular formula is C28H28FNO4. The summed E-state index contributed by atoms with van der Waals surface area (Å²) in [5, 5.41) is 13.1. The summed E-state index contributed by atoms with van der Waals surface area (Å²) >= 11 is 0. The van der Waals surface area contributed by atoms with Gasteiger partial charge in [0.25, 0.3) is 0 Å². The number of rotatable bonds is 7. The van der Waals surface area contributed by atoms with Crippen molar-refractivity contribution in [3.05, 3.63) is 105 Å². The van der Waals surface area contributed by atoms with Crippen molar-refractivity contribution in [1.29, 1.82) is 0 Å². The highest BCUT2D eigenvalue weighted by atomic mass is 19.1. The first-order chi connectivity index (χ1) is 16.0. The first-order valence-electron chi connectivity index (χ1n) is 10.9. The van der Waals surface area contributed by atoms with Crippen LogP contribution in [0.15, 0.2) is 81.2 Å². The first-order valence-corrected chi connectivity index (χ1v) is 10.9. The predicted molar refractivity (Wildman–Crippen MR) is 133 cm³/mol. The normalized spacial score (nSPS) is 13.1. The van der Waals surface area contributed by atoms with Gasteiger partial charge in [0.2, 0.25) is 0 Å². The van der Waals surface area contributed by atoms with Gasteiger partial charge in [-0.1, -0.05) is 36.4 Å². The van der Waals surface area contributed by atoms with E-state index in [1.807, 2.05) is 26.8 Å². The number of carboxylic acid groups (broad SMARTS) is 1. The highest BCUT2D eigenvalue weighted by Crippen LogP contribution is 2.32. The van der Waals surface area contributed by atoms with Crippen LogP contribution in [-0.4, -0.2) is 11.1 Å². The zero-order chi connectivity index (χ0) is 25.2. The van der Waals surface area contributed by atoms with Crippen LogP contribution in [0.1, 0.15) is 43.5 Å². The van der Waals surface area contributed by atoms with E-state index in [9.17, 15) is 19.1 Å². The minimum absolute atomic E-state index is 0.130. The fourth-order valence-electron chi connectivity index (χ4n) is 3.72. The third-order valence-electron chi connectivity index (χ3n) is 5.61. The minimum Gasteiger partial charge on any atom is -0.478 e. The van der Waals surface area contributed by atoms with E-state index in [1.165, 1.54) is 13.0 Å². The van der Waals surface area contributed by atoms with Crippen molar-refractivity contribution in [3.8, 4) is 11.3 Å². The second-order valence-corrected chi connectivity index (χ2v) is 8.49. The van der Waals surface area contributed by atoms with Gasteiger partial charge in [0.15, 0.2) is 5.43 Å². The zero-order valence-electron chi connectivity index (χ0n) is 20.0.